The molecule has 0 atom stereocenters. The van der Waals surface area contributed by atoms with E-state index in [4.69, 9.17) is 0 Å². The summed E-state index contributed by atoms with van der Waals surface area (Å²) >= 11 is 0. The smallest absolute Gasteiger partial charge is 0.305 e. The van der Waals surface area contributed by atoms with Crippen molar-refractivity contribution in [1.29, 1.82) is 0 Å². The number of unbranched alkanes of at least 4 members (excludes halogenated alkanes) is 1. The van der Waals surface area contributed by atoms with E-state index in [1.54, 1.807) is 0 Å². The number of carbonyl (C=O) groups excluding carboxylic acids is 1. The summed E-state index contributed by atoms with van der Waals surface area (Å²) in [5.74, 6) is -0.0820. The molecule has 0 bridgehead atoms. The number of hydrogen-bond donors (Lipinski definition) is 0. The van der Waals surface area contributed by atoms with Gasteiger partial charge in [0.25, 0.3) is 0 Å². The Labute approximate surface area is 80.1 Å². The van der Waals surface area contributed by atoms with Crippen molar-refractivity contribution in [2.75, 3.05) is 26.7 Å². The van der Waals surface area contributed by atoms with E-state index < -0.39 is 0 Å². The van der Waals surface area contributed by atoms with Gasteiger partial charge < -0.3 is 9.64 Å². The summed E-state index contributed by atoms with van der Waals surface area (Å²) in [5, 5.41) is 0. The Hall–Kier alpha value is -0.570. The molecule has 3 heteroatoms. The van der Waals surface area contributed by atoms with E-state index in [-0.39, 0.29) is 5.97 Å². The number of rotatable bonds is 5. The second-order valence-corrected chi connectivity index (χ2v) is 3.58. The highest BCUT2D eigenvalue weighted by atomic mass is 16.5. The molecule has 0 aromatic rings. The number of nitrogens with zero attached hydrogens (tertiary/aromatic N) is 1. The molecule has 0 aromatic heterocycles. The lowest BCUT2D eigenvalue weighted by atomic mass is 10.2. The molecular formula is C10H19NO2. The quantitative estimate of drug-likeness (QED) is 0.479. The molecule has 3 nitrogen and oxygen atoms in total. The van der Waals surface area contributed by atoms with Gasteiger partial charge in [0.1, 0.15) is 0 Å². The zero-order valence-corrected chi connectivity index (χ0v) is 8.42. The van der Waals surface area contributed by atoms with Crippen molar-refractivity contribution in [2.45, 2.75) is 32.1 Å². The Morgan fingerprint density at radius 3 is 2.62 bits per heavy atom. The number of methoxy groups -OCH3 is 1. The Morgan fingerprint density at radius 1 is 1.31 bits per heavy atom. The van der Waals surface area contributed by atoms with Crippen LogP contribution in [-0.2, 0) is 9.53 Å². The third kappa shape index (κ3) is 4.27. The van der Waals surface area contributed by atoms with Gasteiger partial charge in [0.15, 0.2) is 0 Å². The van der Waals surface area contributed by atoms with Gasteiger partial charge >= 0.3 is 5.97 Å². The van der Waals surface area contributed by atoms with Crippen molar-refractivity contribution in [3.8, 4) is 0 Å². The van der Waals surface area contributed by atoms with Crippen molar-refractivity contribution >= 4 is 5.97 Å². The van der Waals surface area contributed by atoms with Crippen LogP contribution in [-0.4, -0.2) is 37.6 Å². The molecule has 1 rings (SSSR count). The van der Waals surface area contributed by atoms with Crippen molar-refractivity contribution in [3.63, 3.8) is 0 Å². The number of hydrogen-bond acceptors (Lipinski definition) is 3. The summed E-state index contributed by atoms with van der Waals surface area (Å²) in [6.07, 6.45) is 5.34. The maximum atomic E-state index is 10.8. The predicted molar refractivity (Wildman–Crippen MR) is 51.5 cm³/mol. The van der Waals surface area contributed by atoms with Crippen LogP contribution in [0.25, 0.3) is 0 Å². The molecule has 0 unspecified atom stereocenters. The molecule has 1 aliphatic heterocycles. The monoisotopic (exact) mass is 185 g/mol. The van der Waals surface area contributed by atoms with Crippen LogP contribution in [0.1, 0.15) is 32.1 Å². The van der Waals surface area contributed by atoms with Gasteiger partial charge in [-0.2, -0.15) is 0 Å². The first kappa shape index (κ1) is 10.5. The summed E-state index contributed by atoms with van der Waals surface area (Å²) in [5.41, 5.74) is 0. The summed E-state index contributed by atoms with van der Waals surface area (Å²) in [6.45, 7) is 3.65. The highest BCUT2D eigenvalue weighted by Gasteiger charge is 2.10. The van der Waals surface area contributed by atoms with Gasteiger partial charge in [-0.25, -0.2) is 0 Å². The zero-order chi connectivity index (χ0) is 9.52. The lowest BCUT2D eigenvalue weighted by molar-refractivity contribution is -0.140. The Kier molecular flexibility index (Phi) is 4.83. The van der Waals surface area contributed by atoms with Crippen LogP contribution in [0.5, 0.6) is 0 Å². The zero-order valence-electron chi connectivity index (χ0n) is 8.42. The molecule has 0 radical (unpaired) electrons. The van der Waals surface area contributed by atoms with Crippen LogP contribution >= 0.6 is 0 Å². The number of likely N-dealkylation sites (tertiary alicyclic amines) is 1. The lowest BCUT2D eigenvalue weighted by Gasteiger charge is -2.13. The molecule has 13 heavy (non-hydrogen) atoms. The van der Waals surface area contributed by atoms with Crippen LogP contribution in [0, 0.1) is 0 Å². The molecule has 0 spiro atoms. The normalized spacial score (nSPS) is 17.6. The number of carbonyl (C=O) groups is 1. The highest BCUT2D eigenvalue weighted by molar-refractivity contribution is 5.68. The van der Waals surface area contributed by atoms with E-state index in [1.807, 2.05) is 0 Å². The average molecular weight is 185 g/mol. The van der Waals surface area contributed by atoms with Crippen molar-refractivity contribution in [3.05, 3.63) is 0 Å². The fourth-order valence-corrected chi connectivity index (χ4v) is 1.71. The standard InChI is InChI=1S/C10H19NO2/c1-13-10(12)6-2-3-7-11-8-4-5-9-11/h2-9H2,1H3. The second kappa shape index (κ2) is 5.97. The molecule has 0 aliphatic carbocycles. The summed E-state index contributed by atoms with van der Waals surface area (Å²) in [6, 6.07) is 0. The number of esters is 1. The maximum absolute atomic E-state index is 10.8. The molecule has 1 saturated heterocycles. The Balaban J connectivity index is 1.91. The molecule has 1 heterocycles. The van der Waals surface area contributed by atoms with E-state index >= 15 is 0 Å². The fourth-order valence-electron chi connectivity index (χ4n) is 1.71. The van der Waals surface area contributed by atoms with E-state index in [0.29, 0.717) is 6.42 Å². The average Bonchev–Trinajstić information content (AvgIpc) is 2.64. The predicted octanol–water partition coefficient (Wildman–Crippen LogP) is 1.43. The van der Waals surface area contributed by atoms with E-state index in [9.17, 15) is 4.79 Å². The first-order valence-corrected chi connectivity index (χ1v) is 5.12. The van der Waals surface area contributed by atoms with Crippen molar-refractivity contribution < 1.29 is 9.53 Å². The maximum Gasteiger partial charge on any atom is 0.305 e. The molecular weight excluding hydrogens is 166 g/mol. The van der Waals surface area contributed by atoms with E-state index in [1.165, 1.54) is 33.0 Å². The summed E-state index contributed by atoms with van der Waals surface area (Å²) in [7, 11) is 1.45. The van der Waals surface area contributed by atoms with Crippen LogP contribution < -0.4 is 0 Å². The van der Waals surface area contributed by atoms with Gasteiger partial charge in [-0.3, -0.25) is 4.79 Å². The number of ether oxygens (including phenoxy) is 1. The Morgan fingerprint density at radius 2 is 2.00 bits per heavy atom. The Bertz CT molecular complexity index is 153. The largest absolute Gasteiger partial charge is 0.469 e. The molecule has 76 valence electrons. The first-order valence-electron chi connectivity index (χ1n) is 5.12. The molecule has 1 aliphatic rings. The topological polar surface area (TPSA) is 29.5 Å². The summed E-state index contributed by atoms with van der Waals surface area (Å²) in [4.78, 5) is 13.2. The minimum atomic E-state index is -0.0820. The third-order valence-electron chi connectivity index (χ3n) is 2.53. The van der Waals surface area contributed by atoms with Crippen molar-refractivity contribution in [2.24, 2.45) is 0 Å². The molecule has 0 saturated carbocycles. The fraction of sp³-hybridized carbons (Fsp3) is 0.900. The lowest BCUT2D eigenvalue weighted by Crippen LogP contribution is -2.20. The molecule has 1 fully saturated rings. The molecule has 0 amide bonds. The van der Waals surface area contributed by atoms with Gasteiger partial charge in [-0.15, -0.1) is 0 Å². The van der Waals surface area contributed by atoms with Gasteiger partial charge in [-0.05, 0) is 45.3 Å². The van der Waals surface area contributed by atoms with Crippen LogP contribution in [0.3, 0.4) is 0 Å². The minimum Gasteiger partial charge on any atom is -0.469 e. The van der Waals surface area contributed by atoms with E-state index in [2.05, 4.69) is 9.64 Å². The molecule has 0 aromatic carbocycles. The van der Waals surface area contributed by atoms with Crippen LogP contribution in [0.15, 0.2) is 0 Å². The molecule has 0 N–H and O–H groups in total. The highest BCUT2D eigenvalue weighted by Crippen LogP contribution is 2.08. The van der Waals surface area contributed by atoms with Crippen molar-refractivity contribution in [1.82, 2.24) is 4.90 Å². The van der Waals surface area contributed by atoms with E-state index in [0.717, 1.165) is 19.4 Å². The first-order chi connectivity index (χ1) is 6.33. The van der Waals surface area contributed by atoms with Crippen LogP contribution in [0.2, 0.25) is 0 Å². The third-order valence-corrected chi connectivity index (χ3v) is 2.53. The minimum absolute atomic E-state index is 0.0820. The van der Waals surface area contributed by atoms with Gasteiger partial charge in [0, 0.05) is 6.42 Å². The van der Waals surface area contributed by atoms with Gasteiger partial charge in [0.2, 0.25) is 0 Å². The van der Waals surface area contributed by atoms with Crippen LogP contribution in [0.4, 0.5) is 0 Å². The van der Waals surface area contributed by atoms with Gasteiger partial charge in [-0.1, -0.05) is 0 Å². The summed E-state index contributed by atoms with van der Waals surface area (Å²) < 4.78 is 4.57. The second-order valence-electron chi connectivity index (χ2n) is 3.58. The SMILES string of the molecule is COC(=O)CCCCN1CCCC1. The van der Waals surface area contributed by atoms with Gasteiger partial charge in [0.05, 0.1) is 7.11 Å².